The zero-order valence-electron chi connectivity index (χ0n) is 12.3. The second-order valence-electron chi connectivity index (χ2n) is 5.68. The molecule has 0 spiro atoms. The van der Waals surface area contributed by atoms with Gasteiger partial charge in [0.25, 0.3) is 0 Å². The van der Waals surface area contributed by atoms with E-state index in [4.69, 9.17) is 0 Å². The maximum absolute atomic E-state index is 12.2. The molecule has 1 amide bonds. The Bertz CT molecular complexity index is 583. The van der Waals surface area contributed by atoms with Crippen LogP contribution >= 0.6 is 0 Å². The third-order valence-electron chi connectivity index (χ3n) is 4.13. The van der Waals surface area contributed by atoms with E-state index in [0.717, 1.165) is 31.5 Å². The van der Waals surface area contributed by atoms with Crippen molar-refractivity contribution in [3.63, 3.8) is 0 Å². The van der Waals surface area contributed by atoms with Gasteiger partial charge in [0, 0.05) is 13.1 Å². The van der Waals surface area contributed by atoms with Crippen LogP contribution in [0.3, 0.4) is 0 Å². The van der Waals surface area contributed by atoms with E-state index in [1.807, 2.05) is 23.1 Å². The second-order valence-corrected chi connectivity index (χ2v) is 5.68. The van der Waals surface area contributed by atoms with Crippen LogP contribution in [0.2, 0.25) is 0 Å². The largest absolute Gasteiger partial charge is 0.342 e. The van der Waals surface area contributed by atoms with Crippen LogP contribution in [-0.4, -0.2) is 23.9 Å². The number of amides is 1. The Hall–Kier alpha value is -2.09. The van der Waals surface area contributed by atoms with E-state index in [1.54, 1.807) is 0 Å². The smallest absolute Gasteiger partial charge is 0.226 e. The molecule has 0 bridgehead atoms. The molecular formula is C19H21NO. The van der Waals surface area contributed by atoms with E-state index >= 15 is 0 Å². The van der Waals surface area contributed by atoms with Gasteiger partial charge in [-0.15, -0.1) is 0 Å². The average molecular weight is 279 g/mol. The van der Waals surface area contributed by atoms with Crippen LogP contribution < -0.4 is 0 Å². The molecule has 2 aromatic rings. The van der Waals surface area contributed by atoms with E-state index in [1.165, 1.54) is 17.5 Å². The van der Waals surface area contributed by atoms with Crippen molar-refractivity contribution >= 4 is 5.91 Å². The van der Waals surface area contributed by atoms with Gasteiger partial charge in [-0.05, 0) is 36.0 Å². The summed E-state index contributed by atoms with van der Waals surface area (Å²) in [5.74, 6) is 0.266. The topological polar surface area (TPSA) is 20.3 Å². The Morgan fingerprint density at radius 1 is 0.810 bits per heavy atom. The summed E-state index contributed by atoms with van der Waals surface area (Å²) in [6.07, 6.45) is 4.09. The number of hydrogen-bond donors (Lipinski definition) is 0. The first-order valence-corrected chi connectivity index (χ1v) is 7.75. The van der Waals surface area contributed by atoms with Crippen molar-refractivity contribution in [1.82, 2.24) is 4.90 Å². The molecule has 1 heterocycles. The number of carbonyl (C=O) groups excluding carboxylic acids is 1. The minimum absolute atomic E-state index is 0.266. The van der Waals surface area contributed by atoms with Crippen LogP contribution in [-0.2, 0) is 11.2 Å². The van der Waals surface area contributed by atoms with E-state index in [0.29, 0.717) is 6.42 Å². The second kappa shape index (κ2) is 6.57. The van der Waals surface area contributed by atoms with Gasteiger partial charge in [0.05, 0.1) is 6.42 Å². The number of carbonyl (C=O) groups is 1. The Labute approximate surface area is 126 Å². The van der Waals surface area contributed by atoms with Crippen LogP contribution in [0.15, 0.2) is 54.6 Å². The van der Waals surface area contributed by atoms with Crippen molar-refractivity contribution in [1.29, 1.82) is 0 Å². The van der Waals surface area contributed by atoms with Gasteiger partial charge in [0.2, 0.25) is 5.91 Å². The fourth-order valence-corrected chi connectivity index (χ4v) is 2.88. The van der Waals surface area contributed by atoms with Crippen molar-refractivity contribution in [2.45, 2.75) is 25.7 Å². The summed E-state index contributed by atoms with van der Waals surface area (Å²) in [7, 11) is 0. The number of piperidine rings is 1. The number of nitrogens with zero attached hydrogens (tertiary/aromatic N) is 1. The minimum atomic E-state index is 0.266. The molecule has 1 aliphatic heterocycles. The Kier molecular flexibility index (Phi) is 4.34. The van der Waals surface area contributed by atoms with Crippen LogP contribution in [0, 0.1) is 0 Å². The van der Waals surface area contributed by atoms with Crippen molar-refractivity contribution in [3.8, 4) is 11.1 Å². The highest BCUT2D eigenvalue weighted by atomic mass is 16.2. The highest BCUT2D eigenvalue weighted by molar-refractivity contribution is 5.79. The van der Waals surface area contributed by atoms with E-state index in [2.05, 4.69) is 36.4 Å². The third-order valence-corrected chi connectivity index (χ3v) is 4.13. The molecule has 1 saturated heterocycles. The quantitative estimate of drug-likeness (QED) is 0.834. The lowest BCUT2D eigenvalue weighted by Gasteiger charge is -2.26. The lowest BCUT2D eigenvalue weighted by Crippen LogP contribution is -2.36. The molecule has 2 nitrogen and oxygen atoms in total. The molecule has 0 saturated carbocycles. The van der Waals surface area contributed by atoms with Gasteiger partial charge in [0.15, 0.2) is 0 Å². The maximum Gasteiger partial charge on any atom is 0.226 e. The van der Waals surface area contributed by atoms with Crippen molar-refractivity contribution in [3.05, 3.63) is 60.2 Å². The zero-order chi connectivity index (χ0) is 14.5. The van der Waals surface area contributed by atoms with Gasteiger partial charge < -0.3 is 4.90 Å². The van der Waals surface area contributed by atoms with E-state index < -0.39 is 0 Å². The van der Waals surface area contributed by atoms with Gasteiger partial charge in [-0.25, -0.2) is 0 Å². The fourth-order valence-electron chi connectivity index (χ4n) is 2.88. The summed E-state index contributed by atoms with van der Waals surface area (Å²) in [5.41, 5.74) is 3.52. The molecular weight excluding hydrogens is 258 g/mol. The number of hydrogen-bond acceptors (Lipinski definition) is 1. The standard InChI is InChI=1S/C19H21NO/c21-19(20-13-5-2-6-14-20)15-16-9-11-18(12-10-16)17-7-3-1-4-8-17/h1,3-4,7-12H,2,5-6,13-15H2. The molecule has 2 aromatic carbocycles. The van der Waals surface area contributed by atoms with Gasteiger partial charge >= 0.3 is 0 Å². The lowest BCUT2D eigenvalue weighted by atomic mass is 10.0. The van der Waals surface area contributed by atoms with Crippen molar-refractivity contribution in [2.75, 3.05) is 13.1 Å². The number of likely N-dealkylation sites (tertiary alicyclic amines) is 1. The summed E-state index contributed by atoms with van der Waals surface area (Å²) < 4.78 is 0. The molecule has 0 atom stereocenters. The van der Waals surface area contributed by atoms with Crippen LogP contribution in [0.25, 0.3) is 11.1 Å². The molecule has 2 heteroatoms. The summed E-state index contributed by atoms with van der Waals surface area (Å²) in [4.78, 5) is 14.3. The molecule has 108 valence electrons. The predicted octanol–water partition coefficient (Wildman–Crippen LogP) is 3.91. The monoisotopic (exact) mass is 279 g/mol. The first-order valence-electron chi connectivity index (χ1n) is 7.75. The van der Waals surface area contributed by atoms with Gasteiger partial charge in [-0.2, -0.15) is 0 Å². The van der Waals surface area contributed by atoms with Crippen LogP contribution in [0.1, 0.15) is 24.8 Å². The fraction of sp³-hybridized carbons (Fsp3) is 0.316. The first kappa shape index (κ1) is 13.9. The average Bonchev–Trinajstić information content (AvgIpc) is 2.57. The molecule has 21 heavy (non-hydrogen) atoms. The summed E-state index contributed by atoms with van der Waals surface area (Å²) >= 11 is 0. The Morgan fingerprint density at radius 2 is 1.43 bits per heavy atom. The highest BCUT2D eigenvalue weighted by Gasteiger charge is 2.16. The SMILES string of the molecule is O=C(Cc1ccc(-c2ccccc2)cc1)N1CCCCC1. The molecule has 1 fully saturated rings. The maximum atomic E-state index is 12.2. The van der Waals surface area contributed by atoms with Crippen LogP contribution in [0.5, 0.6) is 0 Å². The van der Waals surface area contributed by atoms with Gasteiger partial charge in [-0.3, -0.25) is 4.79 Å². The third kappa shape index (κ3) is 3.52. The van der Waals surface area contributed by atoms with Crippen LogP contribution in [0.4, 0.5) is 0 Å². The summed E-state index contributed by atoms with van der Waals surface area (Å²) in [6.45, 7) is 1.86. The first-order chi connectivity index (χ1) is 10.3. The molecule has 1 aliphatic rings. The normalized spacial score (nSPS) is 15.0. The van der Waals surface area contributed by atoms with Crippen molar-refractivity contribution in [2.24, 2.45) is 0 Å². The molecule has 0 aromatic heterocycles. The number of benzene rings is 2. The summed E-state index contributed by atoms with van der Waals surface area (Å²) in [5, 5.41) is 0. The number of rotatable bonds is 3. The van der Waals surface area contributed by atoms with Gasteiger partial charge in [-0.1, -0.05) is 54.6 Å². The molecule has 3 rings (SSSR count). The Balaban J connectivity index is 1.65. The summed E-state index contributed by atoms with van der Waals surface area (Å²) in [6, 6.07) is 18.7. The molecule has 0 radical (unpaired) electrons. The predicted molar refractivity (Wildman–Crippen MR) is 86.0 cm³/mol. The molecule has 0 aliphatic carbocycles. The van der Waals surface area contributed by atoms with E-state index in [-0.39, 0.29) is 5.91 Å². The van der Waals surface area contributed by atoms with Crippen molar-refractivity contribution < 1.29 is 4.79 Å². The van der Waals surface area contributed by atoms with Gasteiger partial charge in [0.1, 0.15) is 0 Å². The van der Waals surface area contributed by atoms with E-state index in [9.17, 15) is 4.79 Å². The minimum Gasteiger partial charge on any atom is -0.342 e. The zero-order valence-corrected chi connectivity index (χ0v) is 12.3. The molecule has 0 unspecified atom stereocenters. The lowest BCUT2D eigenvalue weighted by molar-refractivity contribution is -0.131. The molecule has 0 N–H and O–H groups in total. The highest BCUT2D eigenvalue weighted by Crippen LogP contribution is 2.20. The Morgan fingerprint density at radius 3 is 2.10 bits per heavy atom.